The minimum absolute atomic E-state index is 0.0472. The highest BCUT2D eigenvalue weighted by atomic mass is 19.4. The molecular formula is C11H10F3NO4. The molecule has 8 heteroatoms. The summed E-state index contributed by atoms with van der Waals surface area (Å²) in [7, 11) is 0. The average molecular weight is 277 g/mol. The number of hydrogen-bond acceptors (Lipinski definition) is 4. The first-order chi connectivity index (χ1) is 8.77. The van der Waals surface area contributed by atoms with Gasteiger partial charge in [0, 0.05) is 5.56 Å². The number of carbonyl (C=O) groups excluding carboxylic acids is 1. The lowest BCUT2D eigenvalue weighted by atomic mass is 10.0. The Labute approximate surface area is 106 Å². The van der Waals surface area contributed by atoms with Crippen LogP contribution in [0.4, 0.5) is 18.9 Å². The van der Waals surface area contributed by atoms with Gasteiger partial charge in [-0.05, 0) is 13.0 Å². The molecule has 0 radical (unpaired) electrons. The van der Waals surface area contributed by atoms with E-state index >= 15 is 0 Å². The van der Waals surface area contributed by atoms with Gasteiger partial charge in [0.25, 0.3) is 5.69 Å². The van der Waals surface area contributed by atoms with E-state index in [4.69, 9.17) is 0 Å². The van der Waals surface area contributed by atoms with Crippen LogP contribution in [-0.2, 0) is 22.1 Å². The molecule has 0 amide bonds. The lowest BCUT2D eigenvalue weighted by Crippen LogP contribution is -2.14. The monoisotopic (exact) mass is 277 g/mol. The van der Waals surface area contributed by atoms with E-state index in [0.717, 1.165) is 12.1 Å². The lowest BCUT2D eigenvalue weighted by molar-refractivity contribution is -0.388. The fourth-order valence-electron chi connectivity index (χ4n) is 1.55. The van der Waals surface area contributed by atoms with Crippen LogP contribution in [0.2, 0.25) is 0 Å². The smallest absolute Gasteiger partial charge is 0.423 e. The molecule has 0 N–H and O–H groups in total. The molecule has 0 aliphatic heterocycles. The van der Waals surface area contributed by atoms with E-state index in [1.165, 1.54) is 6.92 Å². The average Bonchev–Trinajstić information content (AvgIpc) is 2.27. The number of hydrogen-bond donors (Lipinski definition) is 0. The first-order valence-corrected chi connectivity index (χ1v) is 5.26. The molecule has 0 atom stereocenters. The molecule has 1 aromatic carbocycles. The van der Waals surface area contributed by atoms with Gasteiger partial charge in [-0.25, -0.2) is 0 Å². The predicted molar refractivity (Wildman–Crippen MR) is 58.4 cm³/mol. The van der Waals surface area contributed by atoms with Crippen molar-refractivity contribution in [2.24, 2.45) is 0 Å². The van der Waals surface area contributed by atoms with Crippen molar-refractivity contribution < 1.29 is 27.6 Å². The molecule has 0 spiro atoms. The van der Waals surface area contributed by atoms with Gasteiger partial charge in [0.15, 0.2) is 0 Å². The molecule has 0 aromatic heterocycles. The Bertz CT molecular complexity index is 499. The molecule has 1 rings (SSSR count). The van der Waals surface area contributed by atoms with Gasteiger partial charge in [0.05, 0.1) is 18.0 Å². The highest BCUT2D eigenvalue weighted by Crippen LogP contribution is 2.37. The Morgan fingerprint density at radius 2 is 2.05 bits per heavy atom. The number of halogens is 3. The van der Waals surface area contributed by atoms with Gasteiger partial charge < -0.3 is 4.74 Å². The van der Waals surface area contributed by atoms with Gasteiger partial charge in [-0.15, -0.1) is 0 Å². The van der Waals surface area contributed by atoms with Gasteiger partial charge in [-0.2, -0.15) is 13.2 Å². The fourth-order valence-corrected chi connectivity index (χ4v) is 1.55. The summed E-state index contributed by atoms with van der Waals surface area (Å²) in [5, 5.41) is 10.8. The van der Waals surface area contributed by atoms with E-state index < -0.39 is 34.7 Å². The number of nitro groups is 1. The molecule has 0 aliphatic carbocycles. The van der Waals surface area contributed by atoms with Gasteiger partial charge in [-0.1, -0.05) is 12.1 Å². The zero-order chi connectivity index (χ0) is 14.6. The predicted octanol–water partition coefficient (Wildman–Crippen LogP) is 2.72. The standard InChI is InChI=1S/C11H10F3NO4/c1-2-19-9(16)6-7-4-3-5-8(11(12,13)14)10(7)15(17)18/h3-5H,2,6H2,1H3. The van der Waals surface area contributed by atoms with E-state index in [0.29, 0.717) is 6.07 Å². The number of para-hydroxylation sites is 1. The van der Waals surface area contributed by atoms with Crippen LogP contribution in [0.5, 0.6) is 0 Å². The first-order valence-electron chi connectivity index (χ1n) is 5.26. The van der Waals surface area contributed by atoms with Crippen molar-refractivity contribution in [3.05, 3.63) is 39.4 Å². The summed E-state index contributed by atoms with van der Waals surface area (Å²) in [5.74, 6) is -0.815. The molecule has 0 saturated heterocycles. The van der Waals surface area contributed by atoms with E-state index in [1.54, 1.807) is 0 Å². The maximum atomic E-state index is 12.7. The van der Waals surface area contributed by atoms with Crippen LogP contribution in [0.1, 0.15) is 18.1 Å². The minimum Gasteiger partial charge on any atom is -0.466 e. The topological polar surface area (TPSA) is 69.4 Å². The number of benzene rings is 1. The molecule has 104 valence electrons. The van der Waals surface area contributed by atoms with Crippen LogP contribution >= 0.6 is 0 Å². The van der Waals surface area contributed by atoms with Gasteiger partial charge >= 0.3 is 12.1 Å². The summed E-state index contributed by atoms with van der Waals surface area (Å²) in [4.78, 5) is 20.9. The number of alkyl halides is 3. The Balaban J connectivity index is 3.25. The second-order valence-corrected chi connectivity index (χ2v) is 3.55. The number of nitro benzene ring substituents is 1. The van der Waals surface area contributed by atoms with Crippen molar-refractivity contribution in [1.82, 2.24) is 0 Å². The molecule has 0 unspecified atom stereocenters. The summed E-state index contributed by atoms with van der Waals surface area (Å²) in [6.07, 6.45) is -5.43. The Kier molecular flexibility index (Phi) is 4.47. The second kappa shape index (κ2) is 5.68. The van der Waals surface area contributed by atoms with Crippen LogP contribution in [0.3, 0.4) is 0 Å². The molecule has 0 bridgehead atoms. The second-order valence-electron chi connectivity index (χ2n) is 3.55. The molecule has 1 aromatic rings. The maximum absolute atomic E-state index is 12.7. The van der Waals surface area contributed by atoms with Crippen LogP contribution < -0.4 is 0 Å². The summed E-state index contributed by atoms with van der Waals surface area (Å²) >= 11 is 0. The van der Waals surface area contributed by atoms with Crippen molar-refractivity contribution in [3.8, 4) is 0 Å². The van der Waals surface area contributed by atoms with Crippen molar-refractivity contribution >= 4 is 11.7 Å². The molecule has 0 heterocycles. The molecule has 0 aliphatic rings. The Hall–Kier alpha value is -2.12. The van der Waals surface area contributed by atoms with E-state index in [2.05, 4.69) is 4.74 Å². The number of carbonyl (C=O) groups is 1. The SMILES string of the molecule is CCOC(=O)Cc1cccc(C(F)(F)F)c1[N+](=O)[O-]. The van der Waals surface area contributed by atoms with Crippen molar-refractivity contribution in [2.75, 3.05) is 6.61 Å². The first kappa shape index (κ1) is 14.9. The summed E-state index contributed by atoms with van der Waals surface area (Å²) < 4.78 is 42.5. The van der Waals surface area contributed by atoms with E-state index in [9.17, 15) is 28.1 Å². The zero-order valence-corrected chi connectivity index (χ0v) is 9.86. The molecule has 5 nitrogen and oxygen atoms in total. The Morgan fingerprint density at radius 1 is 1.42 bits per heavy atom. The zero-order valence-electron chi connectivity index (χ0n) is 9.86. The molecule has 0 saturated carbocycles. The van der Waals surface area contributed by atoms with Crippen LogP contribution in [0.25, 0.3) is 0 Å². The van der Waals surface area contributed by atoms with Gasteiger partial charge in [0.1, 0.15) is 5.56 Å². The van der Waals surface area contributed by atoms with Gasteiger partial charge in [-0.3, -0.25) is 14.9 Å². The van der Waals surface area contributed by atoms with Crippen molar-refractivity contribution in [1.29, 1.82) is 0 Å². The summed E-state index contributed by atoms with van der Waals surface area (Å²) in [6, 6.07) is 2.72. The maximum Gasteiger partial charge on any atom is 0.423 e. The summed E-state index contributed by atoms with van der Waals surface area (Å²) in [5.41, 5.74) is -2.80. The van der Waals surface area contributed by atoms with Crippen LogP contribution in [0.15, 0.2) is 18.2 Å². The van der Waals surface area contributed by atoms with Crippen LogP contribution in [0, 0.1) is 10.1 Å². The molecule has 0 fully saturated rings. The van der Waals surface area contributed by atoms with Crippen molar-refractivity contribution in [3.63, 3.8) is 0 Å². The fraction of sp³-hybridized carbons (Fsp3) is 0.364. The largest absolute Gasteiger partial charge is 0.466 e. The minimum atomic E-state index is -4.85. The third-order valence-corrected chi connectivity index (χ3v) is 2.25. The number of esters is 1. The summed E-state index contributed by atoms with van der Waals surface area (Å²) in [6.45, 7) is 1.57. The van der Waals surface area contributed by atoms with Gasteiger partial charge in [0.2, 0.25) is 0 Å². The van der Waals surface area contributed by atoms with Crippen molar-refractivity contribution in [2.45, 2.75) is 19.5 Å². The number of ether oxygens (including phenoxy) is 1. The van der Waals surface area contributed by atoms with E-state index in [-0.39, 0.29) is 12.2 Å². The third-order valence-electron chi connectivity index (χ3n) is 2.25. The molecular weight excluding hydrogens is 267 g/mol. The highest BCUT2D eigenvalue weighted by Gasteiger charge is 2.39. The number of nitrogens with zero attached hydrogens (tertiary/aromatic N) is 1. The quantitative estimate of drug-likeness (QED) is 0.482. The number of rotatable bonds is 4. The lowest BCUT2D eigenvalue weighted by Gasteiger charge is -2.10. The normalized spacial score (nSPS) is 11.2. The molecule has 19 heavy (non-hydrogen) atoms. The Morgan fingerprint density at radius 3 is 2.53 bits per heavy atom. The van der Waals surface area contributed by atoms with E-state index in [1.807, 2.05) is 0 Å². The van der Waals surface area contributed by atoms with Crippen LogP contribution in [-0.4, -0.2) is 17.5 Å². The highest BCUT2D eigenvalue weighted by molar-refractivity contribution is 5.74. The third kappa shape index (κ3) is 3.67.